The van der Waals surface area contributed by atoms with E-state index in [1.165, 1.54) is 49.3 Å². The topological polar surface area (TPSA) is 13.1 Å². The fourth-order valence-corrected chi connectivity index (χ4v) is 4.21. The van der Waals surface area contributed by atoms with Gasteiger partial charge in [-0.3, -0.25) is 0 Å². The third-order valence-electron chi connectivity index (χ3n) is 5.24. The smallest absolute Gasteiger partial charge is 0.143 e. The average molecular weight is 304 g/mol. The van der Waals surface area contributed by atoms with Crippen LogP contribution in [0.15, 0.2) is 71.1 Å². The molecule has 0 unspecified atom stereocenters. The van der Waals surface area contributed by atoms with Crippen molar-refractivity contribution in [3.8, 4) is 22.3 Å². The number of rotatable bonds is 0. The van der Waals surface area contributed by atoms with Gasteiger partial charge in [-0.15, -0.1) is 0 Å². The second-order valence-corrected chi connectivity index (χ2v) is 6.68. The van der Waals surface area contributed by atoms with Crippen LogP contribution in [0.5, 0.6) is 0 Å². The fourth-order valence-electron chi connectivity index (χ4n) is 4.21. The molecule has 0 amide bonds. The van der Waals surface area contributed by atoms with Crippen LogP contribution in [0.2, 0.25) is 0 Å². The molecule has 5 aromatic rings. The molecule has 110 valence electrons. The molecule has 0 atom stereocenters. The first kappa shape index (κ1) is 12.4. The molecule has 0 saturated heterocycles. The van der Waals surface area contributed by atoms with Crippen LogP contribution in [0.4, 0.5) is 0 Å². The van der Waals surface area contributed by atoms with Gasteiger partial charge in [0.05, 0.1) is 0 Å². The SMILES string of the molecule is Bc1ccc2c(c1)oc1c3c4c(cccc4cc12)-c1ccccc1-3. The highest BCUT2D eigenvalue weighted by atomic mass is 16.3. The van der Waals surface area contributed by atoms with E-state index in [9.17, 15) is 0 Å². The Labute approximate surface area is 139 Å². The Morgan fingerprint density at radius 2 is 1.54 bits per heavy atom. The molecule has 1 aliphatic rings. The summed E-state index contributed by atoms with van der Waals surface area (Å²) in [6, 6.07) is 24.0. The number of hydrogen-bond donors (Lipinski definition) is 0. The second kappa shape index (κ2) is 4.10. The largest absolute Gasteiger partial charge is 0.455 e. The minimum Gasteiger partial charge on any atom is -0.455 e. The Balaban J connectivity index is 1.94. The van der Waals surface area contributed by atoms with E-state index in [1.54, 1.807) is 0 Å². The van der Waals surface area contributed by atoms with E-state index in [0.29, 0.717) is 0 Å². The van der Waals surface area contributed by atoms with E-state index in [4.69, 9.17) is 4.42 Å². The van der Waals surface area contributed by atoms with E-state index in [1.807, 2.05) is 0 Å². The van der Waals surface area contributed by atoms with Crippen LogP contribution in [-0.4, -0.2) is 7.85 Å². The minimum absolute atomic E-state index is 0.975. The van der Waals surface area contributed by atoms with Crippen molar-refractivity contribution in [2.75, 3.05) is 0 Å². The fraction of sp³-hybridized carbons (Fsp3) is 0. The Kier molecular flexibility index (Phi) is 2.12. The van der Waals surface area contributed by atoms with E-state index in [-0.39, 0.29) is 0 Å². The summed E-state index contributed by atoms with van der Waals surface area (Å²) in [4.78, 5) is 0. The van der Waals surface area contributed by atoms with Crippen molar-refractivity contribution in [3.63, 3.8) is 0 Å². The summed E-state index contributed by atoms with van der Waals surface area (Å²) in [6.07, 6.45) is 0. The third-order valence-corrected chi connectivity index (χ3v) is 5.24. The van der Waals surface area contributed by atoms with Crippen molar-refractivity contribution in [2.45, 2.75) is 0 Å². The molecule has 0 N–H and O–H groups in total. The number of benzene rings is 4. The molecule has 0 spiro atoms. The number of furan rings is 1. The average Bonchev–Trinajstić information content (AvgIpc) is 3.12. The molecule has 1 aromatic heterocycles. The standard InChI is InChI=1S/C22H13BO/c23-13-8-9-15-18-10-12-4-3-7-16-14-5-1-2-6-17(14)21(20(12)16)22(18)24-19(15)11-13/h1-11H,23H2. The molecule has 4 aromatic carbocycles. The summed E-state index contributed by atoms with van der Waals surface area (Å²) in [5, 5.41) is 5.02. The van der Waals surface area contributed by atoms with Gasteiger partial charge >= 0.3 is 0 Å². The molecule has 0 aliphatic heterocycles. The van der Waals surface area contributed by atoms with Gasteiger partial charge in [-0.05, 0) is 34.2 Å². The van der Waals surface area contributed by atoms with Crippen LogP contribution >= 0.6 is 0 Å². The highest BCUT2D eigenvalue weighted by molar-refractivity contribution is 6.34. The van der Waals surface area contributed by atoms with E-state index < -0.39 is 0 Å². The van der Waals surface area contributed by atoms with Crippen molar-refractivity contribution in [2.24, 2.45) is 0 Å². The molecule has 0 bridgehead atoms. The first-order valence-corrected chi connectivity index (χ1v) is 8.29. The van der Waals surface area contributed by atoms with Crippen molar-refractivity contribution < 1.29 is 4.42 Å². The zero-order valence-corrected chi connectivity index (χ0v) is 13.3. The first-order valence-electron chi connectivity index (χ1n) is 8.29. The van der Waals surface area contributed by atoms with Crippen molar-refractivity contribution in [3.05, 3.63) is 66.7 Å². The van der Waals surface area contributed by atoms with Crippen LogP contribution in [0, 0.1) is 0 Å². The predicted octanol–water partition coefficient (Wildman–Crippen LogP) is 4.65. The van der Waals surface area contributed by atoms with Crippen LogP contribution < -0.4 is 5.46 Å². The van der Waals surface area contributed by atoms with Crippen LogP contribution in [0.3, 0.4) is 0 Å². The van der Waals surface area contributed by atoms with Crippen molar-refractivity contribution >= 4 is 46.0 Å². The van der Waals surface area contributed by atoms with Gasteiger partial charge < -0.3 is 4.42 Å². The molecule has 6 rings (SSSR count). The first-order chi connectivity index (χ1) is 11.8. The Morgan fingerprint density at radius 3 is 2.46 bits per heavy atom. The van der Waals surface area contributed by atoms with Crippen LogP contribution in [0.25, 0.3) is 55.0 Å². The van der Waals surface area contributed by atoms with E-state index in [2.05, 4.69) is 74.6 Å². The molecule has 2 heteroatoms. The summed E-state index contributed by atoms with van der Waals surface area (Å²) >= 11 is 0. The van der Waals surface area contributed by atoms with Gasteiger partial charge in [-0.25, -0.2) is 0 Å². The summed E-state index contributed by atoms with van der Waals surface area (Å²) < 4.78 is 6.35. The lowest BCUT2D eigenvalue weighted by atomic mass is 9.94. The van der Waals surface area contributed by atoms with Gasteiger partial charge in [0.1, 0.15) is 19.0 Å². The molecular formula is C22H13BO. The van der Waals surface area contributed by atoms with E-state index in [0.717, 1.165) is 11.2 Å². The summed E-state index contributed by atoms with van der Waals surface area (Å²) in [5.41, 5.74) is 8.37. The Bertz CT molecular complexity index is 1310. The van der Waals surface area contributed by atoms with Gasteiger partial charge in [-0.2, -0.15) is 0 Å². The maximum absolute atomic E-state index is 6.35. The minimum atomic E-state index is 0.975. The third kappa shape index (κ3) is 1.37. The summed E-state index contributed by atoms with van der Waals surface area (Å²) in [7, 11) is 2.11. The lowest BCUT2D eigenvalue weighted by Gasteiger charge is -2.03. The Morgan fingerprint density at radius 1 is 0.708 bits per heavy atom. The van der Waals surface area contributed by atoms with E-state index >= 15 is 0 Å². The molecule has 1 aliphatic carbocycles. The maximum atomic E-state index is 6.35. The van der Waals surface area contributed by atoms with Crippen LogP contribution in [-0.2, 0) is 0 Å². The van der Waals surface area contributed by atoms with Crippen molar-refractivity contribution in [1.29, 1.82) is 0 Å². The normalized spacial score (nSPS) is 12.3. The van der Waals surface area contributed by atoms with Gasteiger partial charge in [0.25, 0.3) is 0 Å². The molecular weight excluding hydrogens is 291 g/mol. The second-order valence-electron chi connectivity index (χ2n) is 6.68. The van der Waals surface area contributed by atoms with Gasteiger partial charge in [0.2, 0.25) is 0 Å². The number of hydrogen-bond acceptors (Lipinski definition) is 1. The number of fused-ring (bicyclic) bond motifs is 7. The van der Waals surface area contributed by atoms with Crippen LogP contribution in [0.1, 0.15) is 0 Å². The van der Waals surface area contributed by atoms with Gasteiger partial charge in [0.15, 0.2) is 0 Å². The Hall–Kier alpha value is -3.00. The summed E-state index contributed by atoms with van der Waals surface area (Å²) in [5.74, 6) is 0. The maximum Gasteiger partial charge on any atom is 0.143 e. The molecule has 24 heavy (non-hydrogen) atoms. The molecule has 0 radical (unpaired) electrons. The lowest BCUT2D eigenvalue weighted by molar-refractivity contribution is 0.671. The summed E-state index contributed by atoms with van der Waals surface area (Å²) in [6.45, 7) is 0. The highest BCUT2D eigenvalue weighted by Crippen LogP contribution is 2.51. The quantitative estimate of drug-likeness (QED) is 0.372. The lowest BCUT2D eigenvalue weighted by Crippen LogP contribution is -1.98. The zero-order valence-electron chi connectivity index (χ0n) is 13.3. The monoisotopic (exact) mass is 304 g/mol. The highest BCUT2D eigenvalue weighted by Gasteiger charge is 2.25. The van der Waals surface area contributed by atoms with Gasteiger partial charge in [0, 0.05) is 21.7 Å². The molecule has 1 heterocycles. The van der Waals surface area contributed by atoms with Crippen molar-refractivity contribution in [1.82, 2.24) is 0 Å². The molecule has 0 saturated carbocycles. The molecule has 0 fully saturated rings. The molecule has 1 nitrogen and oxygen atoms in total. The predicted molar refractivity (Wildman–Crippen MR) is 104 cm³/mol. The van der Waals surface area contributed by atoms with Gasteiger partial charge in [-0.1, -0.05) is 60.1 Å². The zero-order chi connectivity index (χ0) is 15.8.